The minimum atomic E-state index is -1.38. The second kappa shape index (κ2) is 19.7. The van der Waals surface area contributed by atoms with Crippen LogP contribution in [0.3, 0.4) is 0 Å². The number of amides is 5. The number of methoxy groups -OCH3 is 1. The van der Waals surface area contributed by atoms with Crippen molar-refractivity contribution < 1.29 is 48.5 Å². The molecule has 3 unspecified atom stereocenters. The molecular weight excluding hydrogens is 650 g/mol. The van der Waals surface area contributed by atoms with Crippen LogP contribution >= 0.6 is 0 Å². The first-order valence-corrected chi connectivity index (χ1v) is 16.2. The monoisotopic (exact) mass is 699 g/mol. The van der Waals surface area contributed by atoms with Gasteiger partial charge in [-0.1, -0.05) is 46.8 Å². The van der Waals surface area contributed by atoms with E-state index in [1.165, 1.54) is 0 Å². The van der Waals surface area contributed by atoms with Crippen LogP contribution in [0.15, 0.2) is 48.5 Å². The average Bonchev–Trinajstić information content (AvgIpc) is 3.01. The topological polar surface area (TPSA) is 221 Å². The van der Waals surface area contributed by atoms with E-state index in [1.807, 2.05) is 34.6 Å². The summed E-state index contributed by atoms with van der Waals surface area (Å²) in [4.78, 5) is 74.1. The minimum Gasteiger partial charge on any atom is -0.497 e. The Kier molecular flexibility index (Phi) is 16.2. The molecule has 0 saturated carbocycles. The number of aliphatic carboxylic acids is 2. The summed E-state index contributed by atoms with van der Waals surface area (Å²) in [5.41, 5.74) is 1.33. The molecule has 0 spiro atoms. The Morgan fingerprint density at radius 1 is 0.740 bits per heavy atom. The Bertz CT molecular complexity index is 1460. The largest absolute Gasteiger partial charge is 0.497 e. The van der Waals surface area contributed by atoms with E-state index in [-0.39, 0.29) is 43.6 Å². The van der Waals surface area contributed by atoms with Crippen LogP contribution in [0, 0.1) is 11.3 Å². The number of rotatable bonds is 19. The quantitative estimate of drug-likeness (QED) is 0.106. The SMILES string of the molecule is COc1ccc(NC(=O)Nc2ccc(CC(=O)NC(CC(C)C)C(=O)NC(CCOCC(NC(=O)CC(C)(C)C)C(=O)O)C(=O)O)cc2)cc1. The Morgan fingerprint density at radius 3 is 1.78 bits per heavy atom. The van der Waals surface area contributed by atoms with Gasteiger partial charge in [0.2, 0.25) is 17.7 Å². The van der Waals surface area contributed by atoms with Gasteiger partial charge in [0.05, 0.1) is 20.1 Å². The van der Waals surface area contributed by atoms with E-state index in [0.29, 0.717) is 22.7 Å². The van der Waals surface area contributed by atoms with Crippen molar-refractivity contribution >= 4 is 47.1 Å². The van der Waals surface area contributed by atoms with Crippen LogP contribution in [0.1, 0.15) is 59.4 Å². The van der Waals surface area contributed by atoms with Crippen LogP contribution in [0.4, 0.5) is 16.2 Å². The normalized spacial score (nSPS) is 12.9. The molecule has 0 aliphatic carbocycles. The predicted octanol–water partition coefficient (Wildman–Crippen LogP) is 3.39. The lowest BCUT2D eigenvalue weighted by Crippen LogP contribution is -2.52. The lowest BCUT2D eigenvalue weighted by molar-refractivity contribution is -0.145. The Balaban J connectivity index is 1.90. The molecule has 5 amide bonds. The molecule has 3 atom stereocenters. The van der Waals surface area contributed by atoms with Crippen molar-refractivity contribution in [2.75, 3.05) is 31.0 Å². The van der Waals surface area contributed by atoms with Gasteiger partial charge in [-0.05, 0) is 59.7 Å². The molecule has 2 aromatic rings. The van der Waals surface area contributed by atoms with Crippen molar-refractivity contribution in [3.8, 4) is 5.75 Å². The fourth-order valence-corrected chi connectivity index (χ4v) is 4.64. The Hall–Kier alpha value is -5.18. The summed E-state index contributed by atoms with van der Waals surface area (Å²) in [7, 11) is 1.55. The first-order chi connectivity index (χ1) is 23.4. The summed E-state index contributed by atoms with van der Waals surface area (Å²) in [6, 6.07) is 9.21. The van der Waals surface area contributed by atoms with Gasteiger partial charge in [-0.3, -0.25) is 14.4 Å². The highest BCUT2D eigenvalue weighted by Gasteiger charge is 2.28. The number of urea groups is 1. The van der Waals surface area contributed by atoms with E-state index in [1.54, 1.807) is 55.6 Å². The van der Waals surface area contributed by atoms with Gasteiger partial charge >= 0.3 is 18.0 Å². The maximum absolute atomic E-state index is 13.1. The lowest BCUT2D eigenvalue weighted by Gasteiger charge is -2.23. The minimum absolute atomic E-state index is 0.0199. The van der Waals surface area contributed by atoms with E-state index < -0.39 is 60.4 Å². The summed E-state index contributed by atoms with van der Waals surface area (Å²) < 4.78 is 10.5. The molecule has 15 nitrogen and oxygen atoms in total. The van der Waals surface area contributed by atoms with Crippen LogP contribution in [0.2, 0.25) is 0 Å². The van der Waals surface area contributed by atoms with Crippen LogP contribution in [0.5, 0.6) is 5.75 Å². The third-order valence-electron chi connectivity index (χ3n) is 7.06. The molecule has 2 rings (SSSR count). The van der Waals surface area contributed by atoms with Crippen molar-refractivity contribution in [2.24, 2.45) is 11.3 Å². The third-order valence-corrected chi connectivity index (χ3v) is 7.06. The highest BCUT2D eigenvalue weighted by atomic mass is 16.5. The third kappa shape index (κ3) is 15.8. The van der Waals surface area contributed by atoms with E-state index in [9.17, 15) is 39.0 Å². The zero-order chi connectivity index (χ0) is 37.4. The van der Waals surface area contributed by atoms with Crippen molar-refractivity contribution in [3.63, 3.8) is 0 Å². The molecule has 0 fully saturated rings. The Morgan fingerprint density at radius 2 is 1.28 bits per heavy atom. The van der Waals surface area contributed by atoms with Gasteiger partial charge in [-0.25, -0.2) is 14.4 Å². The van der Waals surface area contributed by atoms with Gasteiger partial charge in [-0.15, -0.1) is 0 Å². The van der Waals surface area contributed by atoms with Crippen LogP contribution in [0.25, 0.3) is 0 Å². The summed E-state index contributed by atoms with van der Waals surface area (Å²) >= 11 is 0. The molecule has 0 saturated heterocycles. The molecule has 0 aromatic heterocycles. The van der Waals surface area contributed by atoms with Crippen molar-refractivity contribution in [1.82, 2.24) is 16.0 Å². The highest BCUT2D eigenvalue weighted by Crippen LogP contribution is 2.18. The van der Waals surface area contributed by atoms with E-state index >= 15 is 0 Å². The zero-order valence-electron chi connectivity index (χ0n) is 29.3. The number of ether oxygens (including phenoxy) is 2. The molecule has 0 radical (unpaired) electrons. The van der Waals surface area contributed by atoms with Crippen molar-refractivity contribution in [3.05, 3.63) is 54.1 Å². The van der Waals surface area contributed by atoms with Gasteiger partial charge in [0.15, 0.2) is 6.04 Å². The number of benzene rings is 2. The molecule has 274 valence electrons. The molecular formula is C35H49N5O10. The van der Waals surface area contributed by atoms with E-state index in [2.05, 4.69) is 26.6 Å². The number of anilines is 2. The smallest absolute Gasteiger partial charge is 0.328 e. The fraction of sp³-hybridized carbons (Fsp3) is 0.486. The number of carboxylic acid groups (broad SMARTS) is 2. The molecule has 2 aromatic carbocycles. The second-order valence-electron chi connectivity index (χ2n) is 13.4. The predicted molar refractivity (Wildman–Crippen MR) is 186 cm³/mol. The zero-order valence-corrected chi connectivity index (χ0v) is 29.3. The number of hydrogen-bond acceptors (Lipinski definition) is 8. The standard InChI is InChI=1S/C35H49N5O10/c1-21(2)17-27(31(43)40-26(32(44)45)15-16-50-20-28(33(46)47)39-30(42)19-35(3,4)5)38-29(41)18-22-7-9-23(10-8-22)36-34(48)37-24-11-13-25(49-6)14-12-24/h7-14,21,26-28H,15-20H2,1-6H3,(H,38,41)(H,39,42)(H,40,43)(H,44,45)(H,46,47)(H2,36,37,48). The van der Waals surface area contributed by atoms with Gasteiger partial charge < -0.3 is 46.3 Å². The van der Waals surface area contributed by atoms with E-state index in [0.717, 1.165) is 0 Å². The highest BCUT2D eigenvalue weighted by molar-refractivity contribution is 5.99. The van der Waals surface area contributed by atoms with Gasteiger partial charge in [-0.2, -0.15) is 0 Å². The van der Waals surface area contributed by atoms with Crippen molar-refractivity contribution in [2.45, 2.75) is 78.4 Å². The van der Waals surface area contributed by atoms with Crippen LogP contribution in [-0.2, 0) is 35.1 Å². The summed E-state index contributed by atoms with van der Waals surface area (Å²) in [5, 5.41) is 32.1. The summed E-state index contributed by atoms with van der Waals surface area (Å²) in [6.07, 6.45) is 0.0766. The van der Waals surface area contributed by atoms with Crippen molar-refractivity contribution in [1.29, 1.82) is 0 Å². The number of carbonyl (C=O) groups excluding carboxylic acids is 4. The van der Waals surface area contributed by atoms with Crippen LogP contribution in [-0.4, -0.2) is 84.4 Å². The maximum atomic E-state index is 13.1. The van der Waals surface area contributed by atoms with Gasteiger partial charge in [0.1, 0.15) is 17.8 Å². The van der Waals surface area contributed by atoms with Crippen LogP contribution < -0.4 is 31.3 Å². The van der Waals surface area contributed by atoms with Gasteiger partial charge in [0.25, 0.3) is 0 Å². The first kappa shape index (κ1) is 41.0. The molecule has 0 bridgehead atoms. The molecule has 50 heavy (non-hydrogen) atoms. The molecule has 0 heterocycles. The average molecular weight is 700 g/mol. The molecule has 7 N–H and O–H groups in total. The summed E-state index contributed by atoms with van der Waals surface area (Å²) in [5.74, 6) is -3.62. The molecule has 15 heteroatoms. The number of carbonyl (C=O) groups is 6. The molecule has 0 aliphatic heterocycles. The fourth-order valence-electron chi connectivity index (χ4n) is 4.64. The lowest BCUT2D eigenvalue weighted by atomic mass is 9.92. The number of nitrogens with one attached hydrogen (secondary N) is 5. The summed E-state index contributed by atoms with van der Waals surface area (Å²) in [6.45, 7) is 8.60. The number of carboxylic acids is 2. The first-order valence-electron chi connectivity index (χ1n) is 16.2. The Labute approximate surface area is 291 Å². The van der Waals surface area contributed by atoms with Gasteiger partial charge in [0, 0.05) is 30.8 Å². The van der Waals surface area contributed by atoms with E-state index in [4.69, 9.17) is 9.47 Å². The molecule has 0 aliphatic rings. The second-order valence-corrected chi connectivity index (χ2v) is 13.4. The number of hydrogen-bond donors (Lipinski definition) is 7. The maximum Gasteiger partial charge on any atom is 0.328 e.